The molecule has 0 bridgehead atoms. The number of benzene rings is 3. The van der Waals surface area contributed by atoms with Gasteiger partial charge in [-0.2, -0.15) is 0 Å². The summed E-state index contributed by atoms with van der Waals surface area (Å²) < 4.78 is 19.0. The third-order valence-electron chi connectivity index (χ3n) is 11.0. The number of aliphatic hydroxyl groups excluding tert-OH is 1. The number of aliphatic hydroxyl groups is 2. The fourth-order valence-corrected chi connectivity index (χ4v) is 8.49. The van der Waals surface area contributed by atoms with Gasteiger partial charge in [0.2, 0.25) is 0 Å². The summed E-state index contributed by atoms with van der Waals surface area (Å²) in [5.74, 6) is -1.23. The lowest BCUT2D eigenvalue weighted by Gasteiger charge is -2.34. The highest BCUT2D eigenvalue weighted by molar-refractivity contribution is 6.08. The van der Waals surface area contributed by atoms with Gasteiger partial charge in [-0.1, -0.05) is 54.6 Å². The van der Waals surface area contributed by atoms with Crippen LogP contribution in [-0.2, 0) is 37.7 Å². The topological polar surface area (TPSA) is 160 Å². The standard InChI is InChI=1S/C39H42N6O8/c1-24-33(38(2,3)50)32(15-16-42-23-30(40-41-42)34(46)26-7-5-4-6-8-26)53-39(24)29-21-28(44-18-20-52-37(44)49)13-14-31(29)45(35(39)47)22-25-9-11-27(12-10-25)43-17-19-51-36(43)48/h4-14,21,23-24,32-34,46,50H,15-20,22H2,1-3H3/t24-,32+,33-,34-,39+/m1/s1. The molecule has 4 aliphatic rings. The zero-order valence-electron chi connectivity index (χ0n) is 29.8. The smallest absolute Gasteiger partial charge is 0.414 e. The summed E-state index contributed by atoms with van der Waals surface area (Å²) in [6.07, 6.45) is -0.270. The summed E-state index contributed by atoms with van der Waals surface area (Å²) in [6.45, 7) is 7.44. The molecule has 3 saturated heterocycles. The van der Waals surface area contributed by atoms with Crippen LogP contribution < -0.4 is 14.7 Å². The maximum absolute atomic E-state index is 15.0. The minimum absolute atomic E-state index is 0.225. The molecular weight excluding hydrogens is 680 g/mol. The van der Waals surface area contributed by atoms with E-state index in [0.29, 0.717) is 66.5 Å². The summed E-state index contributed by atoms with van der Waals surface area (Å²) >= 11 is 0. The van der Waals surface area contributed by atoms with Crippen molar-refractivity contribution >= 4 is 35.2 Å². The Hall–Kier alpha value is -5.31. The van der Waals surface area contributed by atoms with Gasteiger partial charge >= 0.3 is 12.2 Å². The number of fused-ring (bicyclic) bond motifs is 2. The lowest BCUT2D eigenvalue weighted by molar-refractivity contribution is -0.146. The van der Waals surface area contributed by atoms with Crippen LogP contribution in [0.4, 0.5) is 26.7 Å². The predicted molar refractivity (Wildman–Crippen MR) is 192 cm³/mol. The number of rotatable bonds is 10. The van der Waals surface area contributed by atoms with Gasteiger partial charge in [0.1, 0.15) is 25.0 Å². The van der Waals surface area contributed by atoms with Gasteiger partial charge in [0.05, 0.1) is 43.2 Å². The SMILES string of the molecule is C[C@@H]1[C@@H](C(C)(C)O)[C@H](CCn2cc([C@H](O)c3ccccc3)nn2)O[C@@]12C(=O)N(Cc1ccc(N3CCOC3=O)cc1)c1ccc(N3CCOC3=O)cc12. The molecule has 4 aliphatic heterocycles. The van der Waals surface area contributed by atoms with Crippen LogP contribution in [0.15, 0.2) is 79.0 Å². The number of aromatic nitrogens is 3. The molecule has 1 aromatic heterocycles. The number of cyclic esters (lactones) is 2. The Kier molecular flexibility index (Phi) is 8.71. The summed E-state index contributed by atoms with van der Waals surface area (Å²) in [5.41, 5.74) is 1.81. The Morgan fingerprint density at radius 1 is 0.925 bits per heavy atom. The van der Waals surface area contributed by atoms with E-state index in [1.165, 1.54) is 0 Å². The van der Waals surface area contributed by atoms with Crippen molar-refractivity contribution < 1.29 is 38.8 Å². The molecule has 3 amide bonds. The largest absolute Gasteiger partial charge is 0.447 e. The van der Waals surface area contributed by atoms with Crippen LogP contribution in [0.5, 0.6) is 0 Å². The quantitative estimate of drug-likeness (QED) is 0.238. The Labute approximate surface area is 306 Å². The van der Waals surface area contributed by atoms with Crippen molar-refractivity contribution in [2.24, 2.45) is 11.8 Å². The van der Waals surface area contributed by atoms with E-state index in [0.717, 1.165) is 5.56 Å². The molecule has 14 heteroatoms. The molecule has 14 nitrogen and oxygen atoms in total. The highest BCUT2D eigenvalue weighted by Crippen LogP contribution is 2.58. The summed E-state index contributed by atoms with van der Waals surface area (Å²) in [7, 11) is 0. The number of anilines is 3. The maximum Gasteiger partial charge on any atom is 0.414 e. The van der Waals surface area contributed by atoms with Gasteiger partial charge in [0, 0.05) is 35.3 Å². The second-order valence-corrected chi connectivity index (χ2v) is 14.7. The van der Waals surface area contributed by atoms with E-state index in [2.05, 4.69) is 10.3 Å². The van der Waals surface area contributed by atoms with Gasteiger partial charge in [-0.05, 0) is 61.7 Å². The van der Waals surface area contributed by atoms with Gasteiger partial charge in [-0.3, -0.25) is 19.3 Å². The van der Waals surface area contributed by atoms with Crippen LogP contribution >= 0.6 is 0 Å². The van der Waals surface area contributed by atoms with Crippen molar-refractivity contribution in [3.05, 3.63) is 101 Å². The van der Waals surface area contributed by atoms with Crippen molar-refractivity contribution in [1.82, 2.24) is 15.0 Å². The van der Waals surface area contributed by atoms with Crippen molar-refractivity contribution in [2.75, 3.05) is 41.0 Å². The molecule has 3 fully saturated rings. The molecule has 0 saturated carbocycles. The molecule has 2 N–H and O–H groups in total. The Balaban J connectivity index is 1.11. The maximum atomic E-state index is 15.0. The van der Waals surface area contributed by atoms with Crippen LogP contribution in [-0.4, -0.2) is 81.3 Å². The average Bonchev–Trinajstić information content (AvgIpc) is 3.98. The lowest BCUT2D eigenvalue weighted by Crippen LogP contribution is -2.46. The van der Waals surface area contributed by atoms with Crippen LogP contribution in [0, 0.1) is 11.8 Å². The molecule has 5 atom stereocenters. The zero-order chi connectivity index (χ0) is 37.1. The van der Waals surface area contributed by atoms with Crippen molar-refractivity contribution in [1.29, 1.82) is 0 Å². The summed E-state index contributed by atoms with van der Waals surface area (Å²) in [6, 6.07) is 22.2. The number of amides is 3. The molecule has 8 rings (SSSR count). The van der Waals surface area contributed by atoms with E-state index in [9.17, 15) is 19.8 Å². The number of hydrogen-bond acceptors (Lipinski definition) is 10. The van der Waals surface area contributed by atoms with Crippen LogP contribution in [0.25, 0.3) is 0 Å². The first-order chi connectivity index (χ1) is 25.5. The molecule has 53 heavy (non-hydrogen) atoms. The molecular formula is C39H42N6O8. The van der Waals surface area contributed by atoms with E-state index in [-0.39, 0.29) is 19.1 Å². The molecule has 4 aromatic rings. The Bertz CT molecular complexity index is 2030. The predicted octanol–water partition coefficient (Wildman–Crippen LogP) is 4.53. The Morgan fingerprint density at radius 2 is 1.58 bits per heavy atom. The first kappa shape index (κ1) is 34.8. The fraction of sp³-hybridized carbons (Fsp3) is 0.410. The van der Waals surface area contributed by atoms with E-state index in [4.69, 9.17) is 14.2 Å². The monoisotopic (exact) mass is 722 g/mol. The van der Waals surface area contributed by atoms with Crippen LogP contribution in [0.2, 0.25) is 0 Å². The number of nitrogens with zero attached hydrogens (tertiary/aromatic N) is 6. The second kappa shape index (κ2) is 13.3. The average molecular weight is 723 g/mol. The fourth-order valence-electron chi connectivity index (χ4n) is 8.49. The van der Waals surface area contributed by atoms with E-state index in [1.54, 1.807) is 39.4 Å². The summed E-state index contributed by atoms with van der Waals surface area (Å²) in [5, 5.41) is 31.0. The van der Waals surface area contributed by atoms with Gasteiger partial charge in [0.25, 0.3) is 5.91 Å². The third-order valence-corrected chi connectivity index (χ3v) is 11.0. The molecule has 5 heterocycles. The van der Waals surface area contributed by atoms with Gasteiger partial charge in [-0.15, -0.1) is 5.10 Å². The Morgan fingerprint density at radius 3 is 2.23 bits per heavy atom. The molecule has 1 spiro atoms. The molecule has 276 valence electrons. The number of aryl methyl sites for hydroxylation is 1. The summed E-state index contributed by atoms with van der Waals surface area (Å²) in [4.78, 5) is 44.6. The minimum atomic E-state index is -1.47. The lowest BCUT2D eigenvalue weighted by atomic mass is 9.70. The zero-order valence-corrected chi connectivity index (χ0v) is 29.8. The van der Waals surface area contributed by atoms with E-state index >= 15 is 4.79 Å². The van der Waals surface area contributed by atoms with Crippen molar-refractivity contribution in [3.63, 3.8) is 0 Å². The van der Waals surface area contributed by atoms with Crippen molar-refractivity contribution in [3.8, 4) is 0 Å². The number of ether oxygens (including phenoxy) is 3. The van der Waals surface area contributed by atoms with E-state index in [1.807, 2.05) is 79.7 Å². The van der Waals surface area contributed by atoms with Gasteiger partial charge in [-0.25, -0.2) is 9.59 Å². The van der Waals surface area contributed by atoms with Crippen molar-refractivity contribution in [2.45, 2.75) is 63.7 Å². The van der Waals surface area contributed by atoms with Gasteiger partial charge < -0.3 is 29.3 Å². The highest BCUT2D eigenvalue weighted by atomic mass is 16.6. The van der Waals surface area contributed by atoms with Gasteiger partial charge in [0.15, 0.2) is 5.60 Å². The number of hydrogen-bond donors (Lipinski definition) is 2. The highest BCUT2D eigenvalue weighted by Gasteiger charge is 2.65. The normalized spacial score (nSPS) is 24.7. The first-order valence-corrected chi connectivity index (χ1v) is 17.9. The minimum Gasteiger partial charge on any atom is -0.447 e. The van der Waals surface area contributed by atoms with Crippen LogP contribution in [0.3, 0.4) is 0 Å². The number of carbonyl (C=O) groups excluding carboxylic acids is 3. The third kappa shape index (κ3) is 6.00. The first-order valence-electron chi connectivity index (χ1n) is 17.9. The van der Waals surface area contributed by atoms with E-state index < -0.39 is 47.4 Å². The molecule has 3 aromatic carbocycles. The molecule has 0 aliphatic carbocycles. The number of carbonyl (C=O) groups is 3. The van der Waals surface area contributed by atoms with Crippen LogP contribution in [0.1, 0.15) is 55.7 Å². The molecule has 0 radical (unpaired) electrons. The second-order valence-electron chi connectivity index (χ2n) is 14.7. The molecule has 0 unspecified atom stereocenters.